The van der Waals surface area contributed by atoms with Crippen LogP contribution in [0.3, 0.4) is 0 Å². The average Bonchev–Trinajstić information content (AvgIpc) is 2.25. The number of carboxylic acid groups (broad SMARTS) is 1. The summed E-state index contributed by atoms with van der Waals surface area (Å²) >= 11 is 0. The van der Waals surface area contributed by atoms with Gasteiger partial charge in [-0.2, -0.15) is 0 Å². The number of amides is 2. The maximum atomic E-state index is 11.4. The zero-order chi connectivity index (χ0) is 15.1. The first-order valence-corrected chi connectivity index (χ1v) is 6.17. The maximum absolute atomic E-state index is 11.4. The second-order valence-electron chi connectivity index (χ2n) is 4.93. The smallest absolute Gasteiger partial charge is 0.337 e. The maximum Gasteiger partial charge on any atom is 0.337 e. The molecule has 1 atom stereocenters. The SMILES string of the molecule is CC(C)NC(=O)CCCC(=O)NCC(C)(O)C(=O)O. The van der Waals surface area contributed by atoms with Crippen molar-refractivity contribution in [3.05, 3.63) is 0 Å². The number of aliphatic carboxylic acids is 1. The lowest BCUT2D eigenvalue weighted by Gasteiger charge is -2.18. The molecule has 0 aliphatic rings. The highest BCUT2D eigenvalue weighted by Gasteiger charge is 2.30. The summed E-state index contributed by atoms with van der Waals surface area (Å²) in [7, 11) is 0. The third kappa shape index (κ3) is 8.15. The molecule has 0 radical (unpaired) electrons. The molecule has 7 heteroatoms. The quantitative estimate of drug-likeness (QED) is 0.482. The van der Waals surface area contributed by atoms with Crippen LogP contribution < -0.4 is 10.6 Å². The van der Waals surface area contributed by atoms with Crippen molar-refractivity contribution in [2.24, 2.45) is 0 Å². The number of aliphatic hydroxyl groups is 1. The predicted octanol–water partition coefficient (Wildman–Crippen LogP) is -0.367. The van der Waals surface area contributed by atoms with Crippen LogP contribution in [-0.4, -0.2) is 46.2 Å². The number of carbonyl (C=O) groups is 3. The van der Waals surface area contributed by atoms with Gasteiger partial charge in [0.15, 0.2) is 5.60 Å². The molecule has 19 heavy (non-hydrogen) atoms. The Bertz CT molecular complexity index is 339. The van der Waals surface area contributed by atoms with Gasteiger partial charge in [0.2, 0.25) is 11.8 Å². The lowest BCUT2D eigenvalue weighted by molar-refractivity contribution is -0.156. The van der Waals surface area contributed by atoms with E-state index in [-0.39, 0.29) is 37.2 Å². The van der Waals surface area contributed by atoms with Crippen LogP contribution in [0, 0.1) is 0 Å². The van der Waals surface area contributed by atoms with Crippen LogP contribution in [-0.2, 0) is 14.4 Å². The first kappa shape index (κ1) is 17.4. The van der Waals surface area contributed by atoms with Crippen molar-refractivity contribution in [2.45, 2.75) is 51.7 Å². The summed E-state index contributed by atoms with van der Waals surface area (Å²) in [5, 5.41) is 23.0. The number of carboxylic acids is 1. The van der Waals surface area contributed by atoms with Gasteiger partial charge < -0.3 is 20.8 Å². The minimum Gasteiger partial charge on any atom is -0.479 e. The monoisotopic (exact) mass is 274 g/mol. The molecule has 0 saturated carbocycles. The highest BCUT2D eigenvalue weighted by atomic mass is 16.4. The summed E-state index contributed by atoms with van der Waals surface area (Å²) in [5.74, 6) is -1.91. The highest BCUT2D eigenvalue weighted by Crippen LogP contribution is 2.02. The van der Waals surface area contributed by atoms with Crippen molar-refractivity contribution >= 4 is 17.8 Å². The molecule has 0 aromatic heterocycles. The molecule has 0 aromatic carbocycles. The molecule has 0 bridgehead atoms. The molecule has 4 N–H and O–H groups in total. The molecule has 2 amide bonds. The molecule has 0 saturated heterocycles. The second kappa shape index (κ2) is 7.73. The van der Waals surface area contributed by atoms with Gasteiger partial charge in [0.1, 0.15) is 0 Å². The zero-order valence-corrected chi connectivity index (χ0v) is 11.5. The molecular weight excluding hydrogens is 252 g/mol. The van der Waals surface area contributed by atoms with E-state index in [1.807, 2.05) is 13.8 Å². The Morgan fingerprint density at radius 2 is 1.68 bits per heavy atom. The van der Waals surface area contributed by atoms with E-state index in [4.69, 9.17) is 5.11 Å². The van der Waals surface area contributed by atoms with Crippen molar-refractivity contribution in [1.29, 1.82) is 0 Å². The van der Waals surface area contributed by atoms with E-state index in [1.165, 1.54) is 0 Å². The Balaban J connectivity index is 3.83. The van der Waals surface area contributed by atoms with Crippen molar-refractivity contribution in [2.75, 3.05) is 6.54 Å². The summed E-state index contributed by atoms with van der Waals surface area (Å²) in [5.41, 5.74) is -1.98. The summed E-state index contributed by atoms with van der Waals surface area (Å²) in [6.45, 7) is 4.43. The predicted molar refractivity (Wildman–Crippen MR) is 68.4 cm³/mol. The fourth-order valence-corrected chi connectivity index (χ4v) is 1.24. The van der Waals surface area contributed by atoms with Gasteiger partial charge >= 0.3 is 5.97 Å². The topological polar surface area (TPSA) is 116 Å². The number of rotatable bonds is 8. The number of hydrogen-bond donors (Lipinski definition) is 4. The number of carbonyl (C=O) groups excluding carboxylic acids is 2. The molecule has 0 aliphatic heterocycles. The van der Waals surface area contributed by atoms with Crippen LogP contribution in [0.15, 0.2) is 0 Å². The van der Waals surface area contributed by atoms with Gasteiger partial charge in [-0.15, -0.1) is 0 Å². The van der Waals surface area contributed by atoms with Gasteiger partial charge in [-0.05, 0) is 27.2 Å². The van der Waals surface area contributed by atoms with Gasteiger partial charge in [-0.25, -0.2) is 4.79 Å². The standard InChI is InChI=1S/C12H22N2O5/c1-8(2)14-10(16)6-4-5-9(15)13-7-12(3,19)11(17)18/h8,19H,4-7H2,1-3H3,(H,13,15)(H,14,16)(H,17,18). The molecule has 0 fully saturated rings. The minimum atomic E-state index is -1.98. The third-order valence-corrected chi connectivity index (χ3v) is 2.35. The van der Waals surface area contributed by atoms with Gasteiger partial charge in [0.25, 0.3) is 0 Å². The van der Waals surface area contributed by atoms with Crippen LogP contribution in [0.2, 0.25) is 0 Å². The van der Waals surface area contributed by atoms with Gasteiger partial charge in [-0.3, -0.25) is 9.59 Å². The van der Waals surface area contributed by atoms with E-state index in [0.717, 1.165) is 6.92 Å². The molecule has 1 unspecified atom stereocenters. The van der Waals surface area contributed by atoms with Crippen LogP contribution in [0.5, 0.6) is 0 Å². The lowest BCUT2D eigenvalue weighted by atomic mass is 10.1. The van der Waals surface area contributed by atoms with Crippen molar-refractivity contribution in [3.63, 3.8) is 0 Å². The highest BCUT2D eigenvalue weighted by molar-refractivity contribution is 5.81. The average molecular weight is 274 g/mol. The Hall–Kier alpha value is -1.63. The Morgan fingerprint density at radius 3 is 2.16 bits per heavy atom. The van der Waals surface area contributed by atoms with E-state index in [2.05, 4.69) is 10.6 Å². The van der Waals surface area contributed by atoms with Crippen molar-refractivity contribution in [3.8, 4) is 0 Å². The summed E-state index contributed by atoms with van der Waals surface area (Å²) < 4.78 is 0. The van der Waals surface area contributed by atoms with Gasteiger partial charge in [-0.1, -0.05) is 0 Å². The normalized spacial score (nSPS) is 13.7. The van der Waals surface area contributed by atoms with Gasteiger partial charge in [0.05, 0.1) is 6.54 Å². The zero-order valence-electron chi connectivity index (χ0n) is 11.5. The molecule has 0 aromatic rings. The van der Waals surface area contributed by atoms with Crippen molar-refractivity contribution in [1.82, 2.24) is 10.6 Å². The fraction of sp³-hybridized carbons (Fsp3) is 0.750. The fourth-order valence-electron chi connectivity index (χ4n) is 1.24. The van der Waals surface area contributed by atoms with Crippen LogP contribution in [0.1, 0.15) is 40.0 Å². The number of nitrogens with one attached hydrogen (secondary N) is 2. The summed E-state index contributed by atoms with van der Waals surface area (Å²) in [6, 6.07) is 0.0620. The van der Waals surface area contributed by atoms with E-state index in [0.29, 0.717) is 6.42 Å². The summed E-state index contributed by atoms with van der Waals surface area (Å²) in [6.07, 6.45) is 0.724. The third-order valence-electron chi connectivity index (χ3n) is 2.35. The van der Waals surface area contributed by atoms with E-state index < -0.39 is 11.6 Å². The molecule has 110 valence electrons. The van der Waals surface area contributed by atoms with E-state index >= 15 is 0 Å². The Morgan fingerprint density at radius 1 is 1.16 bits per heavy atom. The molecular formula is C12H22N2O5. The molecule has 7 nitrogen and oxygen atoms in total. The molecule has 0 aliphatic carbocycles. The summed E-state index contributed by atoms with van der Waals surface area (Å²) in [4.78, 5) is 33.2. The molecule has 0 heterocycles. The minimum absolute atomic E-state index is 0.0620. The lowest BCUT2D eigenvalue weighted by Crippen LogP contribution is -2.46. The number of hydrogen-bond acceptors (Lipinski definition) is 4. The van der Waals surface area contributed by atoms with E-state index in [1.54, 1.807) is 0 Å². The molecule has 0 spiro atoms. The molecule has 0 rings (SSSR count). The van der Waals surface area contributed by atoms with Crippen LogP contribution in [0.4, 0.5) is 0 Å². The van der Waals surface area contributed by atoms with Crippen LogP contribution >= 0.6 is 0 Å². The second-order valence-corrected chi connectivity index (χ2v) is 4.93. The van der Waals surface area contributed by atoms with Crippen molar-refractivity contribution < 1.29 is 24.6 Å². The first-order valence-electron chi connectivity index (χ1n) is 6.17. The van der Waals surface area contributed by atoms with E-state index in [9.17, 15) is 19.5 Å². The van der Waals surface area contributed by atoms with Crippen LogP contribution in [0.25, 0.3) is 0 Å². The first-order chi connectivity index (χ1) is 8.65. The van der Waals surface area contributed by atoms with Gasteiger partial charge in [0, 0.05) is 18.9 Å². The largest absolute Gasteiger partial charge is 0.479 e. The Kier molecular flexibility index (Phi) is 7.06. The Labute approximate surface area is 112 Å².